The van der Waals surface area contributed by atoms with Crippen LogP contribution in [0.15, 0.2) is 18.2 Å². The number of hydrogen-bond donors (Lipinski definition) is 2. The number of ether oxygens (including phenoxy) is 1. The maximum absolute atomic E-state index is 11.8. The van der Waals surface area contributed by atoms with E-state index in [0.29, 0.717) is 22.9 Å². The summed E-state index contributed by atoms with van der Waals surface area (Å²) in [6.45, 7) is 2.06. The van der Waals surface area contributed by atoms with Gasteiger partial charge in [-0.05, 0) is 18.6 Å². The number of hydrogen-bond acceptors (Lipinski definition) is 3. The van der Waals surface area contributed by atoms with E-state index < -0.39 is 6.04 Å². The Hall–Kier alpha value is -1.26. The Kier molecular flexibility index (Phi) is 5.95. The molecule has 1 aromatic rings. The Morgan fingerprint density at radius 2 is 2.28 bits per heavy atom. The van der Waals surface area contributed by atoms with Crippen LogP contribution < -0.4 is 15.8 Å². The SMILES string of the molecule is CCCC[C@H](N)C(=O)Nc1ccc(Cl)c(OC)c1. The van der Waals surface area contributed by atoms with Crippen LogP contribution in [-0.2, 0) is 4.79 Å². The minimum Gasteiger partial charge on any atom is -0.495 e. The molecule has 0 heterocycles. The molecule has 0 fully saturated rings. The molecule has 0 aliphatic rings. The smallest absolute Gasteiger partial charge is 0.241 e. The number of unbranched alkanes of at least 4 members (excludes halogenated alkanes) is 1. The summed E-state index contributed by atoms with van der Waals surface area (Å²) in [5.41, 5.74) is 6.41. The molecule has 1 amide bonds. The maximum Gasteiger partial charge on any atom is 0.241 e. The fourth-order valence-electron chi connectivity index (χ4n) is 1.53. The molecule has 0 saturated carbocycles. The fraction of sp³-hybridized carbons (Fsp3) is 0.462. The summed E-state index contributed by atoms with van der Waals surface area (Å²) in [4.78, 5) is 11.8. The molecule has 1 rings (SSSR count). The average molecular weight is 271 g/mol. The van der Waals surface area contributed by atoms with Gasteiger partial charge in [0.1, 0.15) is 5.75 Å². The summed E-state index contributed by atoms with van der Waals surface area (Å²) in [6, 6.07) is 4.59. The van der Waals surface area contributed by atoms with E-state index in [0.717, 1.165) is 12.8 Å². The molecule has 0 aliphatic carbocycles. The van der Waals surface area contributed by atoms with Gasteiger partial charge in [-0.1, -0.05) is 31.4 Å². The molecule has 5 heteroatoms. The molecule has 0 spiro atoms. The van der Waals surface area contributed by atoms with Gasteiger partial charge in [-0.15, -0.1) is 0 Å². The Labute approximate surface area is 112 Å². The van der Waals surface area contributed by atoms with Crippen molar-refractivity contribution in [3.63, 3.8) is 0 Å². The standard InChI is InChI=1S/C13H19ClN2O2/c1-3-4-5-11(15)13(17)16-9-6-7-10(14)12(8-9)18-2/h6-8,11H,3-5,15H2,1-2H3,(H,16,17)/t11-/m0/s1. The lowest BCUT2D eigenvalue weighted by Gasteiger charge is -2.12. The van der Waals surface area contributed by atoms with E-state index in [-0.39, 0.29) is 5.91 Å². The molecule has 0 aliphatic heterocycles. The number of benzene rings is 1. The van der Waals surface area contributed by atoms with Crippen LogP contribution in [0.25, 0.3) is 0 Å². The molecule has 0 unspecified atom stereocenters. The molecular formula is C13H19ClN2O2. The third-order valence-electron chi connectivity index (χ3n) is 2.62. The summed E-state index contributed by atoms with van der Waals surface area (Å²) in [5.74, 6) is 0.337. The Morgan fingerprint density at radius 3 is 2.89 bits per heavy atom. The normalized spacial score (nSPS) is 12.0. The van der Waals surface area contributed by atoms with Crippen molar-refractivity contribution >= 4 is 23.2 Å². The second-order valence-electron chi connectivity index (χ2n) is 4.09. The molecule has 100 valence electrons. The van der Waals surface area contributed by atoms with Crippen molar-refractivity contribution in [3.8, 4) is 5.75 Å². The van der Waals surface area contributed by atoms with Crippen LogP contribution in [0, 0.1) is 0 Å². The van der Waals surface area contributed by atoms with E-state index in [1.165, 1.54) is 7.11 Å². The van der Waals surface area contributed by atoms with Crippen LogP contribution in [0.5, 0.6) is 5.75 Å². The maximum atomic E-state index is 11.8. The highest BCUT2D eigenvalue weighted by Crippen LogP contribution is 2.27. The highest BCUT2D eigenvalue weighted by atomic mass is 35.5. The van der Waals surface area contributed by atoms with E-state index in [4.69, 9.17) is 22.1 Å². The van der Waals surface area contributed by atoms with Crippen LogP contribution >= 0.6 is 11.6 Å². The van der Waals surface area contributed by atoms with Crippen LogP contribution in [-0.4, -0.2) is 19.1 Å². The first-order valence-corrected chi connectivity index (χ1v) is 6.36. The van der Waals surface area contributed by atoms with Gasteiger partial charge in [0.15, 0.2) is 0 Å². The fourth-order valence-corrected chi connectivity index (χ4v) is 1.72. The lowest BCUT2D eigenvalue weighted by molar-refractivity contribution is -0.117. The number of carbonyl (C=O) groups excluding carboxylic acids is 1. The number of anilines is 1. The predicted octanol–water partition coefficient (Wildman–Crippen LogP) is 2.80. The molecule has 0 aromatic heterocycles. The van der Waals surface area contributed by atoms with Gasteiger partial charge >= 0.3 is 0 Å². The van der Waals surface area contributed by atoms with Crippen molar-refractivity contribution in [2.24, 2.45) is 5.73 Å². The molecular weight excluding hydrogens is 252 g/mol. The van der Waals surface area contributed by atoms with Crippen molar-refractivity contribution in [2.45, 2.75) is 32.2 Å². The summed E-state index contributed by atoms with van der Waals surface area (Å²) in [7, 11) is 1.53. The zero-order chi connectivity index (χ0) is 13.5. The quantitative estimate of drug-likeness (QED) is 0.835. The Morgan fingerprint density at radius 1 is 1.56 bits per heavy atom. The van der Waals surface area contributed by atoms with Crippen molar-refractivity contribution in [3.05, 3.63) is 23.2 Å². The molecule has 0 bridgehead atoms. The lowest BCUT2D eigenvalue weighted by Crippen LogP contribution is -2.35. The third kappa shape index (κ3) is 4.20. The monoisotopic (exact) mass is 270 g/mol. The van der Waals surface area contributed by atoms with Crippen molar-refractivity contribution < 1.29 is 9.53 Å². The highest BCUT2D eigenvalue weighted by Gasteiger charge is 2.13. The minimum absolute atomic E-state index is 0.187. The number of halogens is 1. The molecule has 0 saturated heterocycles. The van der Waals surface area contributed by atoms with Gasteiger partial charge in [0.25, 0.3) is 0 Å². The van der Waals surface area contributed by atoms with Gasteiger partial charge in [0.2, 0.25) is 5.91 Å². The van der Waals surface area contributed by atoms with Crippen LogP contribution in [0.4, 0.5) is 5.69 Å². The topological polar surface area (TPSA) is 64.4 Å². The molecule has 0 radical (unpaired) electrons. The van der Waals surface area contributed by atoms with Gasteiger partial charge < -0.3 is 15.8 Å². The lowest BCUT2D eigenvalue weighted by atomic mass is 10.1. The highest BCUT2D eigenvalue weighted by molar-refractivity contribution is 6.32. The zero-order valence-corrected chi connectivity index (χ0v) is 11.5. The predicted molar refractivity (Wildman–Crippen MR) is 74.1 cm³/mol. The number of amides is 1. The van der Waals surface area contributed by atoms with Crippen LogP contribution in [0.3, 0.4) is 0 Å². The van der Waals surface area contributed by atoms with Gasteiger partial charge in [0.05, 0.1) is 18.2 Å². The van der Waals surface area contributed by atoms with E-state index >= 15 is 0 Å². The minimum atomic E-state index is -0.480. The molecule has 1 aromatic carbocycles. The average Bonchev–Trinajstić information content (AvgIpc) is 2.37. The van der Waals surface area contributed by atoms with Gasteiger partial charge in [-0.3, -0.25) is 4.79 Å². The van der Waals surface area contributed by atoms with Crippen molar-refractivity contribution in [2.75, 3.05) is 12.4 Å². The molecule has 4 nitrogen and oxygen atoms in total. The first-order valence-electron chi connectivity index (χ1n) is 5.98. The number of nitrogens with two attached hydrogens (primary N) is 1. The first-order chi connectivity index (χ1) is 8.58. The molecule has 18 heavy (non-hydrogen) atoms. The molecule has 3 N–H and O–H groups in total. The number of carbonyl (C=O) groups is 1. The number of rotatable bonds is 6. The van der Waals surface area contributed by atoms with Crippen molar-refractivity contribution in [1.82, 2.24) is 0 Å². The summed E-state index contributed by atoms with van der Waals surface area (Å²) in [6.07, 6.45) is 2.65. The number of nitrogens with one attached hydrogen (secondary N) is 1. The second kappa shape index (κ2) is 7.24. The first kappa shape index (κ1) is 14.8. The summed E-state index contributed by atoms with van der Waals surface area (Å²) >= 11 is 5.90. The van der Waals surface area contributed by atoms with E-state index in [1.54, 1.807) is 18.2 Å². The summed E-state index contributed by atoms with van der Waals surface area (Å²) in [5, 5.41) is 3.26. The van der Waals surface area contributed by atoms with Gasteiger partial charge in [0, 0.05) is 11.8 Å². The second-order valence-corrected chi connectivity index (χ2v) is 4.49. The Balaban J connectivity index is 2.64. The van der Waals surface area contributed by atoms with Crippen molar-refractivity contribution in [1.29, 1.82) is 0 Å². The third-order valence-corrected chi connectivity index (χ3v) is 2.94. The van der Waals surface area contributed by atoms with Crippen LogP contribution in [0.2, 0.25) is 5.02 Å². The Bertz CT molecular complexity index is 410. The summed E-state index contributed by atoms with van der Waals surface area (Å²) < 4.78 is 5.08. The van der Waals surface area contributed by atoms with E-state index in [1.807, 2.05) is 0 Å². The molecule has 1 atom stereocenters. The number of methoxy groups -OCH3 is 1. The van der Waals surface area contributed by atoms with E-state index in [9.17, 15) is 4.79 Å². The van der Waals surface area contributed by atoms with Crippen LogP contribution in [0.1, 0.15) is 26.2 Å². The van der Waals surface area contributed by atoms with E-state index in [2.05, 4.69) is 12.2 Å². The zero-order valence-electron chi connectivity index (χ0n) is 10.7. The largest absolute Gasteiger partial charge is 0.495 e. The van der Waals surface area contributed by atoms with Gasteiger partial charge in [-0.25, -0.2) is 0 Å². The van der Waals surface area contributed by atoms with Gasteiger partial charge in [-0.2, -0.15) is 0 Å².